The molecule has 142 valence electrons. The Hall–Kier alpha value is -0.870. The van der Waals surface area contributed by atoms with Crippen LogP contribution in [0.5, 0.6) is 0 Å². The summed E-state index contributed by atoms with van der Waals surface area (Å²) in [6.07, 6.45) is 2.00. The second kappa shape index (κ2) is 11.7. The molecular formula is C17H30IN5OS. The topological polar surface area (TPSA) is 82.8 Å². The summed E-state index contributed by atoms with van der Waals surface area (Å²) in [6, 6.07) is 2.56. The Morgan fingerprint density at radius 2 is 2.20 bits per heavy atom. The van der Waals surface area contributed by atoms with E-state index in [1.54, 1.807) is 11.3 Å². The molecule has 1 amide bonds. The molecule has 1 aromatic rings. The number of carbonyl (C=O) groups is 1. The first-order valence-electron chi connectivity index (χ1n) is 8.66. The Kier molecular flexibility index (Phi) is 10.4. The Labute approximate surface area is 171 Å². The quantitative estimate of drug-likeness (QED) is 0.317. The van der Waals surface area contributed by atoms with Gasteiger partial charge in [-0.15, -0.1) is 24.0 Å². The number of carbonyl (C=O) groups excluding carboxylic acids is 1. The van der Waals surface area contributed by atoms with Crippen molar-refractivity contribution in [1.82, 2.24) is 15.5 Å². The van der Waals surface area contributed by atoms with E-state index in [0.717, 1.165) is 45.0 Å². The summed E-state index contributed by atoms with van der Waals surface area (Å²) < 4.78 is 0. The van der Waals surface area contributed by atoms with E-state index in [4.69, 9.17) is 10.7 Å². The van der Waals surface area contributed by atoms with Crippen molar-refractivity contribution in [1.29, 1.82) is 0 Å². The van der Waals surface area contributed by atoms with Gasteiger partial charge in [-0.05, 0) is 42.2 Å². The van der Waals surface area contributed by atoms with Crippen LogP contribution in [-0.2, 0) is 4.79 Å². The lowest BCUT2D eigenvalue weighted by atomic mass is 10.1. The van der Waals surface area contributed by atoms with Gasteiger partial charge in [0.05, 0.1) is 6.54 Å². The van der Waals surface area contributed by atoms with Crippen molar-refractivity contribution < 1.29 is 4.79 Å². The minimum absolute atomic E-state index is 0. The zero-order chi connectivity index (χ0) is 17.4. The largest absolute Gasteiger partial charge is 0.369 e. The number of hydrogen-bond acceptors (Lipinski definition) is 4. The van der Waals surface area contributed by atoms with Crippen molar-refractivity contribution in [3.05, 3.63) is 22.4 Å². The number of piperidine rings is 1. The monoisotopic (exact) mass is 479 g/mol. The summed E-state index contributed by atoms with van der Waals surface area (Å²) in [6.45, 7) is 8.05. The third-order valence-corrected chi connectivity index (χ3v) is 4.99. The van der Waals surface area contributed by atoms with Crippen molar-refractivity contribution in [3.63, 3.8) is 0 Å². The van der Waals surface area contributed by atoms with Crippen molar-refractivity contribution in [2.75, 3.05) is 32.7 Å². The highest BCUT2D eigenvalue weighted by Crippen LogP contribution is 2.18. The fourth-order valence-electron chi connectivity index (χ4n) is 2.86. The fourth-order valence-corrected chi connectivity index (χ4v) is 3.64. The van der Waals surface area contributed by atoms with Gasteiger partial charge in [-0.25, -0.2) is 0 Å². The predicted molar refractivity (Wildman–Crippen MR) is 116 cm³/mol. The summed E-state index contributed by atoms with van der Waals surface area (Å²) >= 11 is 1.73. The Balaban J connectivity index is 0.00000312. The second-order valence-electron chi connectivity index (χ2n) is 6.34. The number of nitrogens with one attached hydrogen (secondary N) is 2. The summed E-state index contributed by atoms with van der Waals surface area (Å²) in [7, 11) is 0. The summed E-state index contributed by atoms with van der Waals surface area (Å²) in [5, 5.41) is 11.2. The van der Waals surface area contributed by atoms with E-state index in [2.05, 4.69) is 46.2 Å². The molecule has 0 bridgehead atoms. The van der Waals surface area contributed by atoms with Crippen LogP contribution in [0.15, 0.2) is 21.8 Å². The third-order valence-electron chi connectivity index (χ3n) is 4.29. The molecule has 0 radical (unpaired) electrons. The van der Waals surface area contributed by atoms with E-state index in [0.29, 0.717) is 18.5 Å². The number of halogens is 1. The number of hydrogen-bond donors (Lipinski definition) is 3. The lowest BCUT2D eigenvalue weighted by Crippen LogP contribution is -2.49. The molecule has 0 saturated carbocycles. The van der Waals surface area contributed by atoms with Crippen LogP contribution in [0.3, 0.4) is 0 Å². The van der Waals surface area contributed by atoms with Crippen LogP contribution in [0.4, 0.5) is 0 Å². The Bertz CT molecular complexity index is 529. The molecule has 1 aromatic heterocycles. The van der Waals surface area contributed by atoms with Gasteiger partial charge in [0.15, 0.2) is 5.96 Å². The van der Waals surface area contributed by atoms with Crippen molar-refractivity contribution in [2.24, 2.45) is 10.7 Å². The molecule has 2 heterocycles. The molecule has 1 fully saturated rings. The fraction of sp³-hybridized carbons (Fsp3) is 0.647. The number of likely N-dealkylation sites (tertiary alicyclic amines) is 1. The zero-order valence-corrected chi connectivity index (χ0v) is 18.2. The smallest absolute Gasteiger partial charge is 0.231 e. The normalized spacial score (nSPS) is 17.6. The molecule has 1 unspecified atom stereocenters. The molecule has 0 aliphatic carbocycles. The first-order valence-corrected chi connectivity index (χ1v) is 9.60. The van der Waals surface area contributed by atoms with Gasteiger partial charge in [0, 0.05) is 38.1 Å². The number of guanidine groups is 1. The van der Waals surface area contributed by atoms with Gasteiger partial charge >= 0.3 is 0 Å². The number of nitrogens with two attached hydrogens (primary N) is 1. The Morgan fingerprint density at radius 3 is 2.76 bits per heavy atom. The molecule has 1 atom stereocenters. The van der Waals surface area contributed by atoms with Gasteiger partial charge in [-0.1, -0.05) is 6.92 Å². The molecule has 1 aliphatic heterocycles. The van der Waals surface area contributed by atoms with E-state index in [9.17, 15) is 4.79 Å². The minimum atomic E-state index is -0.251. The number of aliphatic imine (C=N–C) groups is 1. The van der Waals surface area contributed by atoms with Crippen LogP contribution in [0.1, 0.15) is 38.2 Å². The molecule has 2 rings (SSSR count). The maximum atomic E-state index is 11.0. The van der Waals surface area contributed by atoms with Crippen LogP contribution in [0, 0.1) is 0 Å². The van der Waals surface area contributed by atoms with Gasteiger partial charge in [0.1, 0.15) is 0 Å². The van der Waals surface area contributed by atoms with Gasteiger partial charge in [0.25, 0.3) is 0 Å². The molecule has 25 heavy (non-hydrogen) atoms. The van der Waals surface area contributed by atoms with Crippen molar-refractivity contribution >= 4 is 47.2 Å². The average molecular weight is 479 g/mol. The molecular weight excluding hydrogens is 449 g/mol. The number of rotatable bonds is 7. The van der Waals surface area contributed by atoms with Crippen LogP contribution >= 0.6 is 35.3 Å². The van der Waals surface area contributed by atoms with Crippen LogP contribution in [0.2, 0.25) is 0 Å². The van der Waals surface area contributed by atoms with Gasteiger partial charge in [-0.3, -0.25) is 14.7 Å². The lowest BCUT2D eigenvalue weighted by Gasteiger charge is -2.32. The molecule has 0 spiro atoms. The van der Waals surface area contributed by atoms with E-state index in [1.165, 1.54) is 5.56 Å². The summed E-state index contributed by atoms with van der Waals surface area (Å²) in [5.41, 5.74) is 6.61. The van der Waals surface area contributed by atoms with E-state index in [-0.39, 0.29) is 29.9 Å². The highest BCUT2D eigenvalue weighted by Gasteiger charge is 2.20. The molecule has 1 aliphatic rings. The van der Waals surface area contributed by atoms with Gasteiger partial charge < -0.3 is 16.4 Å². The summed E-state index contributed by atoms with van der Waals surface area (Å²) in [4.78, 5) is 17.9. The minimum Gasteiger partial charge on any atom is -0.369 e. The van der Waals surface area contributed by atoms with Crippen molar-refractivity contribution in [3.8, 4) is 0 Å². The zero-order valence-electron chi connectivity index (χ0n) is 15.0. The molecule has 6 nitrogen and oxygen atoms in total. The van der Waals surface area contributed by atoms with Crippen molar-refractivity contribution in [2.45, 2.75) is 38.6 Å². The maximum Gasteiger partial charge on any atom is 0.231 e. The first-order chi connectivity index (χ1) is 11.6. The van der Waals surface area contributed by atoms with Crippen LogP contribution < -0.4 is 16.4 Å². The van der Waals surface area contributed by atoms with E-state index >= 15 is 0 Å². The molecule has 0 aromatic carbocycles. The highest BCUT2D eigenvalue weighted by atomic mass is 127. The van der Waals surface area contributed by atoms with E-state index < -0.39 is 0 Å². The van der Waals surface area contributed by atoms with E-state index in [1.807, 2.05) is 0 Å². The lowest BCUT2D eigenvalue weighted by molar-refractivity contribution is -0.119. The highest BCUT2D eigenvalue weighted by molar-refractivity contribution is 14.0. The number of thiophene rings is 1. The van der Waals surface area contributed by atoms with Crippen LogP contribution in [0.25, 0.3) is 0 Å². The number of nitrogens with zero attached hydrogens (tertiary/aromatic N) is 2. The van der Waals surface area contributed by atoms with Crippen LogP contribution in [-0.4, -0.2) is 55.5 Å². The summed E-state index contributed by atoms with van der Waals surface area (Å²) in [5.74, 6) is 1.05. The molecule has 8 heteroatoms. The van der Waals surface area contributed by atoms with Gasteiger partial charge in [-0.2, -0.15) is 11.3 Å². The number of primary amides is 1. The molecule has 1 saturated heterocycles. The SMILES string of the molecule is CCNC(=NCC(C)c1ccsc1)NC1CCN(CC(N)=O)CC1.I. The standard InChI is InChI=1S/C17H29N5OS.HI/c1-3-19-17(20-10-13(2)14-6-9-24-12-14)21-15-4-7-22(8-5-15)11-16(18)23;/h6,9,12-13,15H,3-5,7-8,10-11H2,1-2H3,(H2,18,23)(H2,19,20,21);1H. The Morgan fingerprint density at radius 1 is 1.48 bits per heavy atom. The molecule has 4 N–H and O–H groups in total. The first kappa shape index (κ1) is 22.2. The average Bonchev–Trinajstić information content (AvgIpc) is 3.08. The second-order valence-corrected chi connectivity index (χ2v) is 7.12. The maximum absolute atomic E-state index is 11.0. The predicted octanol–water partition coefficient (Wildman–Crippen LogP) is 1.97. The third kappa shape index (κ3) is 7.91. The van der Waals surface area contributed by atoms with Gasteiger partial charge in [0.2, 0.25) is 5.91 Å². The number of amides is 1.